The average molecular weight is 362 g/mol. The van der Waals surface area contributed by atoms with E-state index < -0.39 is 10.0 Å². The van der Waals surface area contributed by atoms with Crippen molar-refractivity contribution in [2.45, 2.75) is 0 Å². The Morgan fingerprint density at radius 3 is 2.67 bits per heavy atom. The molecule has 2 heterocycles. The molecule has 7 nitrogen and oxygen atoms in total. The van der Waals surface area contributed by atoms with Crippen LogP contribution >= 0.6 is 11.3 Å². The van der Waals surface area contributed by atoms with Gasteiger partial charge in [0, 0.05) is 5.69 Å². The van der Waals surface area contributed by atoms with E-state index in [1.165, 1.54) is 6.07 Å². The van der Waals surface area contributed by atoms with Gasteiger partial charge in [0.15, 0.2) is 5.69 Å². The van der Waals surface area contributed by atoms with Crippen LogP contribution in [0.25, 0.3) is 10.6 Å². The standard InChI is InChI=1S/C15H14N4O3S2/c1-24(21,22)19-11-5-2-4-10(8-11)16-15(20)13-9-12(17-18-13)14-6-3-7-23-14/h2-9,19H,1H3,(H,16,20)(H,17,18). The van der Waals surface area contributed by atoms with Gasteiger partial charge in [0.05, 0.1) is 22.5 Å². The van der Waals surface area contributed by atoms with Crippen LogP contribution in [0, 0.1) is 0 Å². The number of nitrogens with zero attached hydrogens (tertiary/aromatic N) is 1. The lowest BCUT2D eigenvalue weighted by Crippen LogP contribution is -2.13. The second-order valence-corrected chi connectivity index (χ2v) is 7.75. The molecule has 0 unspecified atom stereocenters. The van der Waals surface area contributed by atoms with Crippen LogP contribution in [0.2, 0.25) is 0 Å². The zero-order valence-corrected chi connectivity index (χ0v) is 14.2. The molecule has 0 aliphatic rings. The van der Waals surface area contributed by atoms with E-state index in [9.17, 15) is 13.2 Å². The third kappa shape index (κ3) is 4.00. The van der Waals surface area contributed by atoms with Crippen LogP contribution in [0.3, 0.4) is 0 Å². The van der Waals surface area contributed by atoms with Crippen molar-refractivity contribution >= 4 is 38.6 Å². The molecular formula is C15H14N4O3S2. The highest BCUT2D eigenvalue weighted by Crippen LogP contribution is 2.23. The number of carbonyl (C=O) groups is 1. The molecule has 3 rings (SSSR count). The number of aromatic amines is 1. The van der Waals surface area contributed by atoms with Crippen LogP contribution < -0.4 is 10.0 Å². The molecular weight excluding hydrogens is 348 g/mol. The summed E-state index contributed by atoms with van der Waals surface area (Å²) in [5.41, 5.74) is 1.86. The first-order chi connectivity index (χ1) is 11.4. The van der Waals surface area contributed by atoms with Crippen LogP contribution in [-0.2, 0) is 10.0 Å². The molecule has 0 atom stereocenters. The Labute approximate surface area is 142 Å². The van der Waals surface area contributed by atoms with Gasteiger partial charge in [-0.05, 0) is 35.7 Å². The molecule has 0 bridgehead atoms. The summed E-state index contributed by atoms with van der Waals surface area (Å²) in [6.07, 6.45) is 1.06. The van der Waals surface area contributed by atoms with Gasteiger partial charge in [-0.1, -0.05) is 12.1 Å². The summed E-state index contributed by atoms with van der Waals surface area (Å²) in [7, 11) is -3.38. The van der Waals surface area contributed by atoms with Crippen LogP contribution in [-0.4, -0.2) is 30.8 Å². The Morgan fingerprint density at radius 2 is 1.96 bits per heavy atom. The number of sulfonamides is 1. The monoisotopic (exact) mass is 362 g/mol. The molecule has 2 aromatic heterocycles. The number of aromatic nitrogens is 2. The van der Waals surface area contributed by atoms with E-state index in [0.717, 1.165) is 16.8 Å². The first-order valence-corrected chi connectivity index (χ1v) is 9.66. The first kappa shape index (κ1) is 16.2. The van der Waals surface area contributed by atoms with Gasteiger partial charge in [-0.25, -0.2) is 8.42 Å². The Hall–Kier alpha value is -2.65. The Kier molecular flexibility index (Phi) is 4.36. The van der Waals surface area contributed by atoms with Crippen molar-refractivity contribution < 1.29 is 13.2 Å². The molecule has 0 aliphatic carbocycles. The third-order valence-electron chi connectivity index (χ3n) is 3.02. The fourth-order valence-electron chi connectivity index (χ4n) is 2.07. The Balaban J connectivity index is 1.74. The molecule has 24 heavy (non-hydrogen) atoms. The summed E-state index contributed by atoms with van der Waals surface area (Å²) in [5, 5.41) is 11.5. The Morgan fingerprint density at radius 1 is 1.17 bits per heavy atom. The fraction of sp³-hybridized carbons (Fsp3) is 0.0667. The highest BCUT2D eigenvalue weighted by atomic mass is 32.2. The highest BCUT2D eigenvalue weighted by Gasteiger charge is 2.12. The van der Waals surface area contributed by atoms with E-state index in [0.29, 0.717) is 11.4 Å². The number of thiophene rings is 1. The van der Waals surface area contributed by atoms with Crippen LogP contribution in [0.4, 0.5) is 11.4 Å². The second-order valence-electron chi connectivity index (χ2n) is 5.05. The molecule has 124 valence electrons. The lowest BCUT2D eigenvalue weighted by atomic mass is 10.2. The minimum absolute atomic E-state index is 0.250. The Bertz CT molecular complexity index is 962. The van der Waals surface area contributed by atoms with Gasteiger partial charge in [0.25, 0.3) is 5.91 Å². The van der Waals surface area contributed by atoms with E-state index in [1.807, 2.05) is 17.5 Å². The predicted octanol–water partition coefficient (Wildman–Crippen LogP) is 2.76. The van der Waals surface area contributed by atoms with E-state index >= 15 is 0 Å². The molecule has 0 spiro atoms. The number of amides is 1. The number of carbonyl (C=O) groups excluding carboxylic acids is 1. The summed E-state index contributed by atoms with van der Waals surface area (Å²) in [5.74, 6) is -0.384. The maximum absolute atomic E-state index is 12.3. The molecule has 0 saturated heterocycles. The van der Waals surface area contributed by atoms with Gasteiger partial charge in [-0.2, -0.15) is 5.10 Å². The summed E-state index contributed by atoms with van der Waals surface area (Å²) < 4.78 is 24.9. The van der Waals surface area contributed by atoms with Crippen LogP contribution in [0.15, 0.2) is 47.8 Å². The van der Waals surface area contributed by atoms with Crippen LogP contribution in [0.1, 0.15) is 10.5 Å². The molecule has 1 amide bonds. The minimum Gasteiger partial charge on any atom is -0.321 e. The minimum atomic E-state index is -3.38. The van der Waals surface area contributed by atoms with Crippen molar-refractivity contribution in [2.75, 3.05) is 16.3 Å². The molecule has 0 aliphatic heterocycles. The van der Waals surface area contributed by atoms with Gasteiger partial charge in [0.1, 0.15) is 0 Å². The summed E-state index contributed by atoms with van der Waals surface area (Å²) in [6, 6.07) is 12.0. The van der Waals surface area contributed by atoms with Crippen molar-refractivity contribution in [2.24, 2.45) is 0 Å². The number of anilines is 2. The number of hydrogen-bond donors (Lipinski definition) is 3. The lowest BCUT2D eigenvalue weighted by molar-refractivity contribution is 0.102. The summed E-state index contributed by atoms with van der Waals surface area (Å²) in [6.45, 7) is 0. The van der Waals surface area contributed by atoms with E-state index in [2.05, 4.69) is 20.2 Å². The lowest BCUT2D eigenvalue weighted by Gasteiger charge is -2.07. The zero-order chi connectivity index (χ0) is 17.2. The quantitative estimate of drug-likeness (QED) is 0.649. The van der Waals surface area contributed by atoms with Gasteiger partial charge in [-0.3, -0.25) is 14.6 Å². The zero-order valence-electron chi connectivity index (χ0n) is 12.6. The van der Waals surface area contributed by atoms with Gasteiger partial charge in [0.2, 0.25) is 10.0 Å². The molecule has 1 aromatic carbocycles. The van der Waals surface area contributed by atoms with E-state index in [4.69, 9.17) is 0 Å². The number of H-pyrrole nitrogens is 1. The molecule has 0 radical (unpaired) electrons. The fourth-order valence-corrected chi connectivity index (χ4v) is 3.31. The molecule has 0 fully saturated rings. The average Bonchev–Trinajstić information content (AvgIpc) is 3.17. The second kappa shape index (κ2) is 6.46. The number of hydrogen-bond acceptors (Lipinski definition) is 5. The third-order valence-corrected chi connectivity index (χ3v) is 4.53. The van der Waals surface area contributed by atoms with Crippen molar-refractivity contribution in [3.63, 3.8) is 0 Å². The topological polar surface area (TPSA) is 104 Å². The maximum Gasteiger partial charge on any atom is 0.276 e. The largest absolute Gasteiger partial charge is 0.321 e. The number of rotatable bonds is 5. The maximum atomic E-state index is 12.3. The highest BCUT2D eigenvalue weighted by molar-refractivity contribution is 7.92. The van der Waals surface area contributed by atoms with E-state index in [-0.39, 0.29) is 11.6 Å². The van der Waals surface area contributed by atoms with Crippen LogP contribution in [0.5, 0.6) is 0 Å². The molecule has 0 saturated carbocycles. The predicted molar refractivity (Wildman–Crippen MR) is 94.8 cm³/mol. The smallest absolute Gasteiger partial charge is 0.276 e. The first-order valence-electron chi connectivity index (χ1n) is 6.89. The van der Waals surface area contributed by atoms with Gasteiger partial charge < -0.3 is 5.32 Å². The number of benzene rings is 1. The molecule has 9 heteroatoms. The van der Waals surface area contributed by atoms with E-state index in [1.54, 1.807) is 35.6 Å². The van der Waals surface area contributed by atoms with Gasteiger partial charge in [-0.15, -0.1) is 11.3 Å². The summed E-state index contributed by atoms with van der Waals surface area (Å²) >= 11 is 1.54. The summed E-state index contributed by atoms with van der Waals surface area (Å²) in [4.78, 5) is 13.3. The SMILES string of the molecule is CS(=O)(=O)Nc1cccc(NC(=O)c2cc(-c3cccs3)[nH]n2)c1. The van der Waals surface area contributed by atoms with Crippen molar-refractivity contribution in [1.82, 2.24) is 10.2 Å². The molecule has 3 aromatic rings. The number of nitrogens with one attached hydrogen (secondary N) is 3. The van der Waals surface area contributed by atoms with Crippen molar-refractivity contribution in [1.29, 1.82) is 0 Å². The van der Waals surface area contributed by atoms with Crippen molar-refractivity contribution in [3.8, 4) is 10.6 Å². The normalized spacial score (nSPS) is 11.2. The molecule has 3 N–H and O–H groups in total. The van der Waals surface area contributed by atoms with Crippen molar-refractivity contribution in [3.05, 3.63) is 53.5 Å². The van der Waals surface area contributed by atoms with Gasteiger partial charge >= 0.3 is 0 Å².